The second-order valence-corrected chi connectivity index (χ2v) is 9.75. The third-order valence-corrected chi connectivity index (χ3v) is 7.16. The fourth-order valence-corrected chi connectivity index (χ4v) is 5.37. The zero-order chi connectivity index (χ0) is 29.7. The topological polar surface area (TPSA) is 135 Å². The maximum atomic E-state index is 13.9. The molecule has 0 saturated heterocycles. The van der Waals surface area contributed by atoms with Gasteiger partial charge in [0.05, 0.1) is 49.3 Å². The van der Waals surface area contributed by atoms with Crippen molar-refractivity contribution in [2.24, 2.45) is 4.99 Å². The molecule has 0 unspecified atom stereocenters. The average molecular weight is 583 g/mol. The number of carbonyl (C=O) groups excluding carboxylic acids is 2. The number of allylic oxidation sites excluding steroid dienone is 1. The number of benzene rings is 2. The summed E-state index contributed by atoms with van der Waals surface area (Å²) >= 11 is 1.17. The molecule has 1 aliphatic rings. The van der Waals surface area contributed by atoms with Gasteiger partial charge in [0.1, 0.15) is 0 Å². The third kappa shape index (κ3) is 6.12. The summed E-state index contributed by atoms with van der Waals surface area (Å²) in [6.45, 7) is 5.31. The van der Waals surface area contributed by atoms with Crippen molar-refractivity contribution in [1.82, 2.24) is 4.57 Å². The van der Waals surface area contributed by atoms with Gasteiger partial charge in [0.25, 0.3) is 5.56 Å². The van der Waals surface area contributed by atoms with Crippen LogP contribution in [-0.2, 0) is 19.1 Å². The Morgan fingerprint density at radius 3 is 2.51 bits per heavy atom. The zero-order valence-electron chi connectivity index (χ0n) is 23.3. The summed E-state index contributed by atoms with van der Waals surface area (Å²) in [6.07, 6.45) is 1.67. The monoisotopic (exact) mass is 582 g/mol. The number of carbonyl (C=O) groups is 2. The summed E-state index contributed by atoms with van der Waals surface area (Å²) < 4.78 is 28.4. The van der Waals surface area contributed by atoms with Crippen LogP contribution in [0.1, 0.15) is 37.9 Å². The molecule has 0 bridgehead atoms. The van der Waals surface area contributed by atoms with Gasteiger partial charge in [-0.1, -0.05) is 23.5 Å². The highest BCUT2D eigenvalue weighted by Crippen LogP contribution is 2.36. The van der Waals surface area contributed by atoms with E-state index in [1.165, 1.54) is 36.2 Å². The number of thiazole rings is 1. The van der Waals surface area contributed by atoms with Crippen LogP contribution in [0.3, 0.4) is 0 Å². The lowest BCUT2D eigenvalue weighted by atomic mass is 9.95. The molecule has 1 aliphatic heterocycles. The molecule has 1 atom stereocenters. The summed E-state index contributed by atoms with van der Waals surface area (Å²) in [5.41, 5.74) is 1.44. The Bertz CT molecular complexity index is 1690. The van der Waals surface area contributed by atoms with Gasteiger partial charge in [0.15, 0.2) is 34.4 Å². The van der Waals surface area contributed by atoms with Crippen molar-refractivity contribution in [2.45, 2.75) is 26.8 Å². The van der Waals surface area contributed by atoms with Crippen molar-refractivity contribution >= 4 is 29.4 Å². The van der Waals surface area contributed by atoms with Crippen molar-refractivity contribution in [3.63, 3.8) is 0 Å². The molecule has 0 fully saturated rings. The van der Waals surface area contributed by atoms with Crippen molar-refractivity contribution in [3.05, 3.63) is 78.5 Å². The number of nitrogens with zero attached hydrogens (tertiary/aromatic N) is 2. The number of aromatic hydroxyl groups is 1. The smallest absolute Gasteiger partial charge is 0.343 e. The summed E-state index contributed by atoms with van der Waals surface area (Å²) in [5, 5.41) is 9.95. The second kappa shape index (κ2) is 12.7. The molecular weight excluding hydrogens is 552 g/mol. The summed E-state index contributed by atoms with van der Waals surface area (Å²) in [6, 6.07) is 8.84. The Morgan fingerprint density at radius 2 is 1.83 bits per heavy atom. The van der Waals surface area contributed by atoms with Crippen LogP contribution in [0.4, 0.5) is 0 Å². The highest BCUT2D eigenvalue weighted by Gasteiger charge is 2.34. The molecule has 0 radical (unpaired) electrons. The molecule has 1 N–H and O–H groups in total. The Kier molecular flexibility index (Phi) is 9.13. The third-order valence-electron chi connectivity index (χ3n) is 6.18. The number of fused-ring (bicyclic) bond motifs is 1. The quantitative estimate of drug-likeness (QED) is 0.358. The van der Waals surface area contributed by atoms with Gasteiger partial charge in [-0.05, 0) is 62.2 Å². The number of esters is 2. The Balaban J connectivity index is 1.90. The predicted molar refractivity (Wildman–Crippen MR) is 150 cm³/mol. The fraction of sp³-hybridized carbons (Fsp3) is 0.310. The van der Waals surface area contributed by atoms with Crippen LogP contribution in [0, 0.1) is 0 Å². The van der Waals surface area contributed by atoms with Gasteiger partial charge in [-0.2, -0.15) is 0 Å². The fourth-order valence-electron chi connectivity index (χ4n) is 4.32. The van der Waals surface area contributed by atoms with Gasteiger partial charge < -0.3 is 28.8 Å². The number of rotatable bonds is 10. The van der Waals surface area contributed by atoms with E-state index in [0.29, 0.717) is 44.3 Å². The first kappa shape index (κ1) is 29.4. The van der Waals surface area contributed by atoms with Gasteiger partial charge in [0.2, 0.25) is 0 Å². The van der Waals surface area contributed by atoms with E-state index in [1.807, 2.05) is 0 Å². The van der Waals surface area contributed by atoms with Crippen LogP contribution < -0.4 is 29.1 Å². The van der Waals surface area contributed by atoms with E-state index < -0.39 is 18.0 Å². The minimum absolute atomic E-state index is 0.0232. The molecule has 2 heterocycles. The highest BCUT2D eigenvalue weighted by molar-refractivity contribution is 7.07. The molecule has 2 aromatic carbocycles. The highest BCUT2D eigenvalue weighted by atomic mass is 32.1. The summed E-state index contributed by atoms with van der Waals surface area (Å²) in [5.74, 6) is -0.288. The number of hydrogen-bond acceptors (Lipinski definition) is 11. The standard InChI is InChI=1S/C29H30N2O9S/c1-6-38-22-14-18(9-11-20(22)40-15-24(33)37-5)26-25(28(35)39-7-2)16(3)30-29-31(26)27(34)23(41-29)13-17-8-10-19(32)21(12-17)36-4/h8-14,26,32H,6-7,15H2,1-5H3/b23-13-/t26-/m1/s1. The van der Waals surface area contributed by atoms with Gasteiger partial charge in [-0.25, -0.2) is 14.6 Å². The molecule has 4 rings (SSSR count). The molecule has 11 nitrogen and oxygen atoms in total. The maximum absolute atomic E-state index is 13.9. The Morgan fingerprint density at radius 1 is 1.05 bits per heavy atom. The second-order valence-electron chi connectivity index (χ2n) is 8.74. The summed E-state index contributed by atoms with van der Waals surface area (Å²) in [4.78, 5) is 43.7. The number of phenolic OH excluding ortho intramolecular Hbond substituents is 1. The molecule has 12 heteroatoms. The Labute approximate surface area is 239 Å². The van der Waals surface area contributed by atoms with E-state index in [9.17, 15) is 19.5 Å². The first-order valence-corrected chi connectivity index (χ1v) is 13.6. The van der Waals surface area contributed by atoms with Crippen LogP contribution in [0.5, 0.6) is 23.0 Å². The minimum atomic E-state index is -0.879. The molecular formula is C29H30N2O9S. The van der Waals surface area contributed by atoms with Crippen molar-refractivity contribution in [1.29, 1.82) is 0 Å². The first-order chi connectivity index (χ1) is 19.7. The molecule has 1 aromatic heterocycles. The number of aromatic nitrogens is 1. The van der Waals surface area contributed by atoms with E-state index in [1.54, 1.807) is 57.2 Å². The first-order valence-electron chi connectivity index (χ1n) is 12.7. The molecule has 0 spiro atoms. The van der Waals surface area contributed by atoms with Gasteiger partial charge >= 0.3 is 11.9 Å². The largest absolute Gasteiger partial charge is 0.504 e. The lowest BCUT2D eigenvalue weighted by molar-refractivity contribution is -0.143. The number of phenols is 1. The molecule has 0 amide bonds. The van der Waals surface area contributed by atoms with E-state index in [-0.39, 0.29) is 35.8 Å². The minimum Gasteiger partial charge on any atom is -0.504 e. The normalized spacial score (nSPS) is 14.7. The number of methoxy groups -OCH3 is 2. The number of ether oxygens (including phenoxy) is 5. The molecule has 0 aliphatic carbocycles. The predicted octanol–water partition coefficient (Wildman–Crippen LogP) is 2.46. The molecule has 0 saturated carbocycles. The van der Waals surface area contributed by atoms with E-state index in [2.05, 4.69) is 9.73 Å². The van der Waals surface area contributed by atoms with E-state index in [4.69, 9.17) is 18.9 Å². The number of hydrogen-bond donors (Lipinski definition) is 1. The molecule has 3 aromatic rings. The zero-order valence-corrected chi connectivity index (χ0v) is 24.1. The Hall–Kier alpha value is -4.58. The maximum Gasteiger partial charge on any atom is 0.343 e. The van der Waals surface area contributed by atoms with E-state index in [0.717, 1.165) is 0 Å². The molecule has 216 valence electrons. The van der Waals surface area contributed by atoms with Gasteiger partial charge in [-0.15, -0.1) is 0 Å². The summed E-state index contributed by atoms with van der Waals surface area (Å²) in [7, 11) is 2.70. The lowest BCUT2D eigenvalue weighted by Gasteiger charge is -2.25. The van der Waals surface area contributed by atoms with Crippen LogP contribution >= 0.6 is 11.3 Å². The van der Waals surface area contributed by atoms with Crippen LogP contribution in [-0.4, -0.2) is 55.7 Å². The van der Waals surface area contributed by atoms with E-state index >= 15 is 0 Å². The van der Waals surface area contributed by atoms with Crippen LogP contribution in [0.2, 0.25) is 0 Å². The lowest BCUT2D eigenvalue weighted by Crippen LogP contribution is -2.40. The van der Waals surface area contributed by atoms with Crippen LogP contribution in [0.25, 0.3) is 6.08 Å². The van der Waals surface area contributed by atoms with Crippen LogP contribution in [0.15, 0.2) is 57.5 Å². The van der Waals surface area contributed by atoms with Gasteiger partial charge in [-0.3, -0.25) is 9.36 Å². The van der Waals surface area contributed by atoms with Crippen molar-refractivity contribution < 1.29 is 38.4 Å². The van der Waals surface area contributed by atoms with Crippen molar-refractivity contribution in [3.8, 4) is 23.0 Å². The van der Waals surface area contributed by atoms with Crippen molar-refractivity contribution in [2.75, 3.05) is 34.0 Å². The SMILES string of the molecule is CCOC(=O)C1=C(C)N=c2s/c(=C\c3ccc(O)c(OC)c3)c(=O)n2[C@@H]1c1ccc(OCC(=O)OC)c(OCC)c1. The molecule has 41 heavy (non-hydrogen) atoms. The average Bonchev–Trinajstić information content (AvgIpc) is 3.26. The van der Waals surface area contributed by atoms with Gasteiger partial charge in [0, 0.05) is 0 Å².